The van der Waals surface area contributed by atoms with E-state index in [1.807, 2.05) is 24.3 Å². The molecule has 0 radical (unpaired) electrons. The molecule has 0 saturated carbocycles. The number of fused-ring (bicyclic) bond motifs is 3. The van der Waals surface area contributed by atoms with Crippen LogP contribution in [0.2, 0.25) is 0 Å². The van der Waals surface area contributed by atoms with Crippen molar-refractivity contribution in [1.29, 1.82) is 5.26 Å². The number of H-pyrrole nitrogens is 1. The number of allylic oxidation sites excluding steroid dienone is 1. The molecule has 5 heteroatoms. The number of para-hydroxylation sites is 1. The van der Waals surface area contributed by atoms with E-state index in [0.717, 1.165) is 22.2 Å². The first-order valence-corrected chi connectivity index (χ1v) is 7.12. The van der Waals surface area contributed by atoms with Crippen LogP contribution in [0, 0.1) is 17.1 Å². The molecule has 3 aromatic rings. The third-order valence-electron chi connectivity index (χ3n) is 4.06. The number of aromatic amines is 1. The second-order valence-electron chi connectivity index (χ2n) is 5.39. The van der Waals surface area contributed by atoms with Crippen LogP contribution in [0.4, 0.5) is 4.39 Å². The molecule has 2 heterocycles. The molecule has 23 heavy (non-hydrogen) atoms. The molecule has 0 spiro atoms. The third-order valence-corrected chi connectivity index (χ3v) is 4.06. The van der Waals surface area contributed by atoms with E-state index in [9.17, 15) is 9.65 Å². The van der Waals surface area contributed by atoms with Gasteiger partial charge in [0.15, 0.2) is 5.75 Å². The number of nitrogens with zero attached hydrogens (tertiary/aromatic N) is 1. The molecule has 0 saturated heterocycles. The Morgan fingerprint density at radius 2 is 1.87 bits per heavy atom. The molecule has 1 aliphatic heterocycles. The normalized spacial score (nSPS) is 16.8. The van der Waals surface area contributed by atoms with E-state index in [1.165, 1.54) is 12.1 Å². The number of hydrogen-bond acceptors (Lipinski definition) is 3. The lowest BCUT2D eigenvalue weighted by molar-refractivity contribution is 0.397. The SMILES string of the molecule is N#CC1=C(N)Oc2c([nH]c3ccccc23)C1c1ccc(F)cc1. The van der Waals surface area contributed by atoms with Crippen molar-refractivity contribution in [2.75, 3.05) is 0 Å². The van der Waals surface area contributed by atoms with Crippen LogP contribution >= 0.6 is 0 Å². The Labute approximate surface area is 131 Å². The van der Waals surface area contributed by atoms with Gasteiger partial charge in [0.25, 0.3) is 0 Å². The maximum absolute atomic E-state index is 13.2. The fourth-order valence-electron chi connectivity index (χ4n) is 3.01. The van der Waals surface area contributed by atoms with Gasteiger partial charge in [-0.15, -0.1) is 0 Å². The van der Waals surface area contributed by atoms with Crippen molar-refractivity contribution in [3.63, 3.8) is 0 Å². The lowest BCUT2D eigenvalue weighted by Gasteiger charge is -2.23. The molecular formula is C18H12FN3O. The largest absolute Gasteiger partial charge is 0.438 e. The summed E-state index contributed by atoms with van der Waals surface area (Å²) >= 11 is 0. The smallest absolute Gasteiger partial charge is 0.205 e. The Kier molecular flexibility index (Phi) is 2.85. The molecule has 0 aliphatic carbocycles. The number of rotatable bonds is 1. The summed E-state index contributed by atoms with van der Waals surface area (Å²) in [6.07, 6.45) is 0. The van der Waals surface area contributed by atoms with Crippen LogP contribution in [0.25, 0.3) is 10.9 Å². The molecule has 4 nitrogen and oxygen atoms in total. The highest BCUT2D eigenvalue weighted by Crippen LogP contribution is 2.45. The molecule has 1 aliphatic rings. The summed E-state index contributed by atoms with van der Waals surface area (Å²) in [5.41, 5.74) is 8.71. The molecule has 1 atom stereocenters. The zero-order valence-corrected chi connectivity index (χ0v) is 12.0. The molecule has 0 bridgehead atoms. The number of hydrogen-bond donors (Lipinski definition) is 2. The van der Waals surface area contributed by atoms with Crippen molar-refractivity contribution in [3.05, 3.63) is 77.1 Å². The predicted octanol–water partition coefficient (Wildman–Crippen LogP) is 3.53. The van der Waals surface area contributed by atoms with Crippen LogP contribution in [-0.2, 0) is 0 Å². The van der Waals surface area contributed by atoms with Crippen molar-refractivity contribution in [2.24, 2.45) is 5.73 Å². The summed E-state index contributed by atoms with van der Waals surface area (Å²) in [7, 11) is 0. The zero-order chi connectivity index (χ0) is 16.0. The highest BCUT2D eigenvalue weighted by Gasteiger charge is 2.33. The van der Waals surface area contributed by atoms with Gasteiger partial charge in [-0.2, -0.15) is 5.26 Å². The van der Waals surface area contributed by atoms with E-state index >= 15 is 0 Å². The number of nitrogens with one attached hydrogen (secondary N) is 1. The van der Waals surface area contributed by atoms with Gasteiger partial charge in [-0.05, 0) is 29.8 Å². The first-order chi connectivity index (χ1) is 11.2. The van der Waals surface area contributed by atoms with Crippen molar-refractivity contribution in [2.45, 2.75) is 5.92 Å². The third kappa shape index (κ3) is 1.96. The summed E-state index contributed by atoms with van der Waals surface area (Å²) in [6.45, 7) is 0. The number of benzene rings is 2. The van der Waals surface area contributed by atoms with E-state index in [1.54, 1.807) is 12.1 Å². The van der Waals surface area contributed by atoms with Crippen molar-refractivity contribution < 1.29 is 9.13 Å². The summed E-state index contributed by atoms with van der Waals surface area (Å²) < 4.78 is 18.9. The Morgan fingerprint density at radius 3 is 2.61 bits per heavy atom. The second kappa shape index (κ2) is 4.89. The molecule has 2 aromatic carbocycles. The van der Waals surface area contributed by atoms with Crippen molar-refractivity contribution >= 4 is 10.9 Å². The van der Waals surface area contributed by atoms with Gasteiger partial charge in [0.1, 0.15) is 17.5 Å². The quantitative estimate of drug-likeness (QED) is 0.722. The number of halogens is 1. The molecule has 3 N–H and O–H groups in total. The van der Waals surface area contributed by atoms with Crippen LogP contribution in [0.1, 0.15) is 17.2 Å². The minimum atomic E-state index is -0.406. The van der Waals surface area contributed by atoms with E-state index < -0.39 is 5.92 Å². The summed E-state index contributed by atoms with van der Waals surface area (Å²) in [5, 5.41) is 10.4. The first kappa shape index (κ1) is 13.4. The number of nitrogens with two attached hydrogens (primary N) is 1. The predicted molar refractivity (Wildman–Crippen MR) is 84.0 cm³/mol. The maximum Gasteiger partial charge on any atom is 0.205 e. The maximum atomic E-state index is 13.2. The lowest BCUT2D eigenvalue weighted by Crippen LogP contribution is -2.20. The highest BCUT2D eigenvalue weighted by atomic mass is 19.1. The zero-order valence-electron chi connectivity index (χ0n) is 12.0. The Balaban J connectivity index is 1.99. The summed E-state index contributed by atoms with van der Waals surface area (Å²) in [5.74, 6) is -0.0320. The van der Waals surface area contributed by atoms with E-state index in [2.05, 4.69) is 11.1 Å². The van der Waals surface area contributed by atoms with Gasteiger partial charge < -0.3 is 15.5 Å². The molecule has 112 valence electrons. The average Bonchev–Trinajstić information content (AvgIpc) is 2.93. The topological polar surface area (TPSA) is 74.8 Å². The van der Waals surface area contributed by atoms with Crippen LogP contribution in [0.15, 0.2) is 60.0 Å². The van der Waals surface area contributed by atoms with Gasteiger partial charge in [-0.1, -0.05) is 24.3 Å². The second-order valence-corrected chi connectivity index (χ2v) is 5.39. The van der Waals surface area contributed by atoms with Gasteiger partial charge in [0, 0.05) is 10.9 Å². The Bertz CT molecular complexity index is 980. The lowest BCUT2D eigenvalue weighted by atomic mass is 9.87. The summed E-state index contributed by atoms with van der Waals surface area (Å²) in [4.78, 5) is 3.30. The fraction of sp³-hybridized carbons (Fsp3) is 0.0556. The van der Waals surface area contributed by atoms with Crippen molar-refractivity contribution in [1.82, 2.24) is 4.98 Å². The van der Waals surface area contributed by atoms with Crippen LogP contribution in [-0.4, -0.2) is 4.98 Å². The minimum absolute atomic E-state index is 0.0825. The highest BCUT2D eigenvalue weighted by molar-refractivity contribution is 5.89. The van der Waals surface area contributed by atoms with Gasteiger partial charge in [-0.3, -0.25) is 0 Å². The monoisotopic (exact) mass is 305 g/mol. The number of ether oxygens (including phenoxy) is 1. The molecule has 0 amide bonds. The van der Waals surface area contributed by atoms with Crippen LogP contribution in [0.5, 0.6) is 5.75 Å². The van der Waals surface area contributed by atoms with E-state index in [0.29, 0.717) is 11.3 Å². The summed E-state index contributed by atoms with van der Waals surface area (Å²) in [6, 6.07) is 15.9. The number of aromatic nitrogens is 1. The Hall–Kier alpha value is -3.26. The van der Waals surface area contributed by atoms with Crippen LogP contribution < -0.4 is 10.5 Å². The average molecular weight is 305 g/mol. The fourth-order valence-corrected chi connectivity index (χ4v) is 3.01. The van der Waals surface area contributed by atoms with Gasteiger partial charge in [0.2, 0.25) is 5.88 Å². The standard InChI is InChI=1S/C18H12FN3O/c19-11-7-5-10(6-8-11)15-13(9-20)18(21)23-17-12-3-1-2-4-14(12)22-16(15)17/h1-8,15,22H,21H2. The molecule has 0 fully saturated rings. The van der Waals surface area contributed by atoms with E-state index in [-0.39, 0.29) is 11.7 Å². The molecular weight excluding hydrogens is 293 g/mol. The minimum Gasteiger partial charge on any atom is -0.438 e. The Morgan fingerprint density at radius 1 is 1.13 bits per heavy atom. The molecule has 1 aromatic heterocycles. The molecule has 4 rings (SSSR count). The van der Waals surface area contributed by atoms with Crippen molar-refractivity contribution in [3.8, 4) is 11.8 Å². The van der Waals surface area contributed by atoms with Gasteiger partial charge in [0.05, 0.1) is 11.6 Å². The van der Waals surface area contributed by atoms with Gasteiger partial charge in [-0.25, -0.2) is 4.39 Å². The first-order valence-electron chi connectivity index (χ1n) is 7.12. The number of nitriles is 1. The molecule has 1 unspecified atom stereocenters. The van der Waals surface area contributed by atoms with Crippen LogP contribution in [0.3, 0.4) is 0 Å². The van der Waals surface area contributed by atoms with Gasteiger partial charge >= 0.3 is 0 Å². The van der Waals surface area contributed by atoms with E-state index in [4.69, 9.17) is 10.5 Å².